The minimum Gasteiger partial charge on any atom is -0.465 e. The van der Waals surface area contributed by atoms with Crippen molar-refractivity contribution in [3.05, 3.63) is 87.9 Å². The van der Waals surface area contributed by atoms with Crippen LogP contribution >= 0.6 is 11.6 Å². The van der Waals surface area contributed by atoms with Crippen LogP contribution in [-0.2, 0) is 5.72 Å². The van der Waals surface area contributed by atoms with Gasteiger partial charge in [-0.3, -0.25) is 15.0 Å². The summed E-state index contributed by atoms with van der Waals surface area (Å²) in [7, 11) is 0. The maximum Gasteiger partial charge on any atom is 0.411 e. The van der Waals surface area contributed by atoms with E-state index >= 15 is 0 Å². The van der Waals surface area contributed by atoms with Gasteiger partial charge < -0.3 is 15.2 Å². The number of carboxylic acid groups (broad SMARTS) is 1. The summed E-state index contributed by atoms with van der Waals surface area (Å²) in [4.78, 5) is 31.8. The minimum atomic E-state index is -2.23. The summed E-state index contributed by atoms with van der Waals surface area (Å²) in [6.45, 7) is 0. The summed E-state index contributed by atoms with van der Waals surface area (Å²) >= 11 is 5.93. The van der Waals surface area contributed by atoms with E-state index in [1.54, 1.807) is 12.1 Å². The van der Waals surface area contributed by atoms with Gasteiger partial charge in [-0.25, -0.2) is 18.6 Å². The molecule has 1 aliphatic heterocycles. The molecule has 4 N–H and O–H groups in total. The Bertz CT molecular complexity index is 1470. The molecule has 0 saturated carbocycles. The number of carbonyl (C=O) groups is 2. The first-order chi connectivity index (χ1) is 15.7. The van der Waals surface area contributed by atoms with Crippen molar-refractivity contribution in [1.29, 1.82) is 0 Å². The third-order valence-electron chi connectivity index (χ3n) is 5.38. The van der Waals surface area contributed by atoms with Crippen LogP contribution in [0.1, 0.15) is 21.5 Å². The van der Waals surface area contributed by atoms with Crippen LogP contribution in [0, 0.1) is 11.6 Å². The van der Waals surface area contributed by atoms with Crippen LogP contribution in [-0.4, -0.2) is 32.2 Å². The molecule has 1 aliphatic rings. The highest BCUT2D eigenvalue weighted by atomic mass is 35.5. The number of anilines is 2. The molecule has 166 valence electrons. The van der Waals surface area contributed by atoms with Gasteiger partial charge in [-0.2, -0.15) is 0 Å². The second kappa shape index (κ2) is 7.26. The second-order valence-corrected chi connectivity index (χ2v) is 7.76. The highest BCUT2D eigenvalue weighted by Gasteiger charge is 2.51. The SMILES string of the molecule is O=C(O)Nc1nc2ccc(C3(O)c4ccccc4C(=O)N3c3cc(Cl)cc(F)c3F)cc2[nH]1. The third kappa shape index (κ3) is 3.11. The summed E-state index contributed by atoms with van der Waals surface area (Å²) in [5, 5.41) is 22.8. The number of aromatic amines is 1. The summed E-state index contributed by atoms with van der Waals surface area (Å²) in [6, 6.07) is 12.3. The van der Waals surface area contributed by atoms with Crippen LogP contribution in [0.4, 0.5) is 25.2 Å². The smallest absolute Gasteiger partial charge is 0.411 e. The normalized spacial score (nSPS) is 17.5. The van der Waals surface area contributed by atoms with Crippen LogP contribution in [0.25, 0.3) is 11.0 Å². The highest BCUT2D eigenvalue weighted by Crippen LogP contribution is 2.46. The number of halogens is 3. The molecule has 4 aromatic rings. The third-order valence-corrected chi connectivity index (χ3v) is 5.60. The quantitative estimate of drug-likeness (QED) is 0.330. The van der Waals surface area contributed by atoms with Gasteiger partial charge in [0.25, 0.3) is 5.91 Å². The predicted octanol–water partition coefficient (Wildman–Crippen LogP) is 4.44. The number of aliphatic hydroxyl groups is 1. The Labute approximate surface area is 189 Å². The van der Waals surface area contributed by atoms with Gasteiger partial charge in [0.15, 0.2) is 17.4 Å². The zero-order valence-electron chi connectivity index (χ0n) is 16.4. The van der Waals surface area contributed by atoms with E-state index in [9.17, 15) is 23.5 Å². The molecule has 3 aromatic carbocycles. The Kier molecular flexibility index (Phi) is 4.59. The standard InChI is InChI=1S/C22H13ClF2N4O4/c23-11-8-14(24)18(25)17(9-11)29-19(30)12-3-1-2-4-13(12)22(29,33)10-5-6-15-16(7-10)27-20(26-15)28-21(31)32/h1-9,33H,(H,31,32)(H2,26,27,28). The molecule has 0 fully saturated rings. The number of nitrogens with zero attached hydrogens (tertiary/aromatic N) is 2. The highest BCUT2D eigenvalue weighted by molar-refractivity contribution is 6.31. The van der Waals surface area contributed by atoms with Crippen LogP contribution in [0.2, 0.25) is 5.02 Å². The maximum absolute atomic E-state index is 14.8. The number of hydrogen-bond donors (Lipinski definition) is 4. The van der Waals surface area contributed by atoms with E-state index in [0.717, 1.165) is 17.0 Å². The van der Waals surface area contributed by atoms with Crippen molar-refractivity contribution in [2.24, 2.45) is 0 Å². The fourth-order valence-electron chi connectivity index (χ4n) is 4.02. The Morgan fingerprint density at radius 3 is 2.67 bits per heavy atom. The van der Waals surface area contributed by atoms with E-state index in [1.165, 1.54) is 30.3 Å². The second-order valence-electron chi connectivity index (χ2n) is 7.33. The van der Waals surface area contributed by atoms with E-state index in [-0.39, 0.29) is 27.7 Å². The zero-order chi connectivity index (χ0) is 23.5. The molecule has 1 unspecified atom stereocenters. The van der Waals surface area contributed by atoms with Crippen molar-refractivity contribution < 1.29 is 28.6 Å². The average Bonchev–Trinajstić information content (AvgIpc) is 3.26. The molecule has 1 aromatic heterocycles. The van der Waals surface area contributed by atoms with Crippen molar-refractivity contribution >= 4 is 46.3 Å². The van der Waals surface area contributed by atoms with E-state index in [2.05, 4.69) is 15.3 Å². The first-order valence-corrected chi connectivity index (χ1v) is 9.89. The molecule has 0 bridgehead atoms. The van der Waals surface area contributed by atoms with E-state index in [0.29, 0.717) is 11.0 Å². The van der Waals surface area contributed by atoms with Crippen molar-refractivity contribution in [2.75, 3.05) is 10.2 Å². The van der Waals surface area contributed by atoms with Crippen molar-refractivity contribution in [2.45, 2.75) is 5.72 Å². The molecule has 1 atom stereocenters. The Hall–Kier alpha value is -4.02. The lowest BCUT2D eigenvalue weighted by atomic mass is 9.93. The van der Waals surface area contributed by atoms with Gasteiger partial charge in [-0.15, -0.1) is 0 Å². The number of carbonyl (C=O) groups excluding carboxylic acids is 1. The molecule has 5 rings (SSSR count). The number of benzene rings is 3. The number of H-pyrrole nitrogens is 1. The number of rotatable bonds is 3. The van der Waals surface area contributed by atoms with Gasteiger partial charge in [0.2, 0.25) is 5.95 Å². The van der Waals surface area contributed by atoms with Gasteiger partial charge >= 0.3 is 6.09 Å². The van der Waals surface area contributed by atoms with Crippen LogP contribution in [0.15, 0.2) is 54.6 Å². The molecule has 2 heterocycles. The van der Waals surface area contributed by atoms with Gasteiger partial charge in [0, 0.05) is 21.7 Å². The van der Waals surface area contributed by atoms with Crippen LogP contribution in [0.3, 0.4) is 0 Å². The Morgan fingerprint density at radius 1 is 1.15 bits per heavy atom. The first-order valence-electron chi connectivity index (χ1n) is 9.51. The van der Waals surface area contributed by atoms with Gasteiger partial charge in [-0.05, 0) is 30.3 Å². The fraction of sp³-hybridized carbons (Fsp3) is 0.0455. The number of hydrogen-bond acceptors (Lipinski definition) is 4. The average molecular weight is 471 g/mol. The summed E-state index contributed by atoms with van der Waals surface area (Å²) in [5.74, 6) is -3.44. The zero-order valence-corrected chi connectivity index (χ0v) is 17.2. The Morgan fingerprint density at radius 2 is 1.91 bits per heavy atom. The van der Waals surface area contributed by atoms with Crippen LogP contribution in [0.5, 0.6) is 0 Å². The number of amides is 2. The number of imidazole rings is 1. The number of aromatic nitrogens is 2. The van der Waals surface area contributed by atoms with Gasteiger partial charge in [0.1, 0.15) is 0 Å². The minimum absolute atomic E-state index is 0.0515. The van der Waals surface area contributed by atoms with Gasteiger partial charge in [0.05, 0.1) is 16.7 Å². The lowest BCUT2D eigenvalue weighted by Gasteiger charge is -2.35. The topological polar surface area (TPSA) is 119 Å². The molecule has 8 nitrogen and oxygen atoms in total. The maximum atomic E-state index is 14.8. The molecule has 2 amide bonds. The van der Waals surface area contributed by atoms with Crippen molar-refractivity contribution in [1.82, 2.24) is 9.97 Å². The van der Waals surface area contributed by atoms with Crippen LogP contribution < -0.4 is 10.2 Å². The Balaban J connectivity index is 1.75. The molecular weight excluding hydrogens is 458 g/mol. The summed E-state index contributed by atoms with van der Waals surface area (Å²) in [5.41, 5.74) is -1.70. The number of nitrogens with one attached hydrogen (secondary N) is 2. The molecule has 11 heteroatoms. The molecule has 0 spiro atoms. The van der Waals surface area contributed by atoms with E-state index in [1.807, 2.05) is 0 Å². The summed E-state index contributed by atoms with van der Waals surface area (Å²) in [6.07, 6.45) is -1.33. The van der Waals surface area contributed by atoms with Crippen molar-refractivity contribution in [3.63, 3.8) is 0 Å². The monoisotopic (exact) mass is 470 g/mol. The first kappa shape index (κ1) is 20.9. The predicted molar refractivity (Wildman–Crippen MR) is 115 cm³/mol. The largest absolute Gasteiger partial charge is 0.465 e. The lowest BCUT2D eigenvalue weighted by Crippen LogP contribution is -2.45. The molecule has 0 aliphatic carbocycles. The van der Waals surface area contributed by atoms with Gasteiger partial charge in [-0.1, -0.05) is 35.9 Å². The lowest BCUT2D eigenvalue weighted by molar-refractivity contribution is 0.0698. The molecular formula is C22H13ClF2N4O4. The number of fused-ring (bicyclic) bond motifs is 2. The fourth-order valence-corrected chi connectivity index (χ4v) is 4.22. The van der Waals surface area contributed by atoms with Crippen molar-refractivity contribution in [3.8, 4) is 0 Å². The molecule has 0 saturated heterocycles. The molecule has 0 radical (unpaired) electrons. The summed E-state index contributed by atoms with van der Waals surface area (Å²) < 4.78 is 29.0. The molecule has 33 heavy (non-hydrogen) atoms. The van der Waals surface area contributed by atoms with E-state index in [4.69, 9.17) is 16.7 Å². The van der Waals surface area contributed by atoms with E-state index < -0.39 is 35.0 Å².